The lowest BCUT2D eigenvalue weighted by Gasteiger charge is -2.22. The molecule has 130 valence electrons. The molecule has 0 unspecified atom stereocenters. The van der Waals surface area contributed by atoms with Crippen molar-refractivity contribution in [3.8, 4) is 5.69 Å². The first-order valence-electron chi connectivity index (χ1n) is 8.82. The highest BCUT2D eigenvalue weighted by Crippen LogP contribution is 2.35. The molecule has 0 radical (unpaired) electrons. The molecule has 5 heteroatoms. The van der Waals surface area contributed by atoms with Crippen molar-refractivity contribution in [1.29, 1.82) is 0 Å². The largest absolute Gasteiger partial charge is 0.296 e. The van der Waals surface area contributed by atoms with Gasteiger partial charge in [-0.1, -0.05) is 31.4 Å². The van der Waals surface area contributed by atoms with Gasteiger partial charge in [-0.05, 0) is 49.2 Å². The Kier molecular flexibility index (Phi) is 4.12. The van der Waals surface area contributed by atoms with E-state index in [1.807, 2.05) is 30.3 Å². The predicted molar refractivity (Wildman–Crippen MR) is 100 cm³/mol. The summed E-state index contributed by atoms with van der Waals surface area (Å²) in [6.07, 6.45) is 7.39. The van der Waals surface area contributed by atoms with Crippen LogP contribution in [0.5, 0.6) is 0 Å². The Bertz CT molecular complexity index is 998. The van der Waals surface area contributed by atoms with Crippen LogP contribution in [0.3, 0.4) is 0 Å². The maximum atomic E-state index is 11.7. The zero-order chi connectivity index (χ0) is 17.4. The molecule has 0 spiro atoms. The summed E-state index contributed by atoms with van der Waals surface area (Å²) in [5, 5.41) is 0. The van der Waals surface area contributed by atoms with E-state index in [1.54, 1.807) is 12.1 Å². The van der Waals surface area contributed by atoms with Crippen LogP contribution in [-0.4, -0.2) is 24.2 Å². The highest BCUT2D eigenvalue weighted by Gasteiger charge is 2.23. The van der Waals surface area contributed by atoms with Gasteiger partial charge in [-0.25, -0.2) is 13.4 Å². The second kappa shape index (κ2) is 6.30. The molecular weight excluding hydrogens is 332 g/mol. The molecule has 1 saturated carbocycles. The Morgan fingerprint density at radius 1 is 0.960 bits per heavy atom. The standard InChI is InChI=1S/C20H22N2O2S/c1-25(23,24)17-13-11-16(12-14-17)22-19-10-6-5-9-18(19)21-20(22)15-7-3-2-4-8-15/h5-6,9-15H,2-4,7-8H2,1H3. The number of sulfone groups is 1. The van der Waals surface area contributed by atoms with Gasteiger partial charge in [0.2, 0.25) is 0 Å². The number of benzene rings is 2. The molecule has 0 bridgehead atoms. The van der Waals surface area contributed by atoms with E-state index in [0.29, 0.717) is 10.8 Å². The SMILES string of the molecule is CS(=O)(=O)c1ccc(-n2c(C3CCCCC3)nc3ccccc32)cc1. The topological polar surface area (TPSA) is 52.0 Å². The van der Waals surface area contributed by atoms with Crippen molar-refractivity contribution >= 4 is 20.9 Å². The van der Waals surface area contributed by atoms with E-state index in [1.165, 1.54) is 38.4 Å². The lowest BCUT2D eigenvalue weighted by Crippen LogP contribution is -2.11. The van der Waals surface area contributed by atoms with Gasteiger partial charge in [0, 0.05) is 17.9 Å². The highest BCUT2D eigenvalue weighted by molar-refractivity contribution is 7.90. The molecule has 4 nitrogen and oxygen atoms in total. The second-order valence-electron chi connectivity index (χ2n) is 6.90. The van der Waals surface area contributed by atoms with Gasteiger partial charge in [-0.15, -0.1) is 0 Å². The quantitative estimate of drug-likeness (QED) is 0.697. The molecule has 0 atom stereocenters. The van der Waals surface area contributed by atoms with Crippen molar-refractivity contribution in [3.05, 3.63) is 54.4 Å². The Hall–Kier alpha value is -2.14. The molecule has 1 aliphatic carbocycles. The number of hydrogen-bond acceptors (Lipinski definition) is 3. The minimum absolute atomic E-state index is 0.347. The summed E-state index contributed by atoms with van der Waals surface area (Å²) in [5.41, 5.74) is 3.05. The Balaban J connectivity index is 1.87. The Morgan fingerprint density at radius 3 is 2.32 bits per heavy atom. The first-order chi connectivity index (χ1) is 12.0. The van der Waals surface area contributed by atoms with Crippen molar-refractivity contribution < 1.29 is 8.42 Å². The van der Waals surface area contributed by atoms with Crippen LogP contribution < -0.4 is 0 Å². The third-order valence-corrected chi connectivity index (χ3v) is 6.21. The fourth-order valence-corrected chi connectivity index (χ4v) is 4.42. The summed E-state index contributed by atoms with van der Waals surface area (Å²) < 4.78 is 25.7. The summed E-state index contributed by atoms with van der Waals surface area (Å²) >= 11 is 0. The monoisotopic (exact) mass is 354 g/mol. The summed E-state index contributed by atoms with van der Waals surface area (Å²) in [6, 6.07) is 15.3. The first kappa shape index (κ1) is 16.3. The van der Waals surface area contributed by atoms with E-state index >= 15 is 0 Å². The maximum Gasteiger partial charge on any atom is 0.175 e. The van der Waals surface area contributed by atoms with Crippen molar-refractivity contribution in [2.45, 2.75) is 42.9 Å². The van der Waals surface area contributed by atoms with E-state index in [0.717, 1.165) is 22.5 Å². The van der Waals surface area contributed by atoms with Gasteiger partial charge >= 0.3 is 0 Å². The molecule has 1 aromatic heterocycles. The molecule has 2 aromatic carbocycles. The van der Waals surface area contributed by atoms with E-state index < -0.39 is 9.84 Å². The van der Waals surface area contributed by atoms with Crippen LogP contribution >= 0.6 is 0 Å². The molecule has 1 fully saturated rings. The summed E-state index contributed by atoms with van der Waals surface area (Å²) in [4.78, 5) is 5.28. The fourth-order valence-electron chi connectivity index (χ4n) is 3.79. The average molecular weight is 354 g/mol. The van der Waals surface area contributed by atoms with Crippen LogP contribution in [0, 0.1) is 0 Å². The molecule has 3 aromatic rings. The fraction of sp³-hybridized carbons (Fsp3) is 0.350. The number of aromatic nitrogens is 2. The first-order valence-corrected chi connectivity index (χ1v) is 10.7. The van der Waals surface area contributed by atoms with Gasteiger partial charge < -0.3 is 0 Å². The van der Waals surface area contributed by atoms with Crippen LogP contribution in [0.4, 0.5) is 0 Å². The van der Waals surface area contributed by atoms with E-state index in [4.69, 9.17) is 4.98 Å². The van der Waals surface area contributed by atoms with Crippen molar-refractivity contribution in [3.63, 3.8) is 0 Å². The minimum atomic E-state index is -3.19. The van der Waals surface area contributed by atoms with Crippen molar-refractivity contribution in [1.82, 2.24) is 9.55 Å². The third kappa shape index (κ3) is 3.09. The van der Waals surface area contributed by atoms with Gasteiger partial charge in [0.25, 0.3) is 0 Å². The van der Waals surface area contributed by atoms with E-state index in [2.05, 4.69) is 10.6 Å². The minimum Gasteiger partial charge on any atom is -0.296 e. The van der Waals surface area contributed by atoms with Crippen LogP contribution in [-0.2, 0) is 9.84 Å². The molecule has 25 heavy (non-hydrogen) atoms. The van der Waals surface area contributed by atoms with Crippen LogP contribution in [0.15, 0.2) is 53.4 Å². The smallest absolute Gasteiger partial charge is 0.175 e. The maximum absolute atomic E-state index is 11.7. The number of imidazole rings is 1. The zero-order valence-corrected chi connectivity index (χ0v) is 15.2. The number of hydrogen-bond donors (Lipinski definition) is 0. The number of fused-ring (bicyclic) bond motifs is 1. The van der Waals surface area contributed by atoms with Crippen LogP contribution in [0.2, 0.25) is 0 Å². The zero-order valence-electron chi connectivity index (χ0n) is 14.4. The molecule has 1 aliphatic rings. The highest BCUT2D eigenvalue weighted by atomic mass is 32.2. The van der Waals surface area contributed by atoms with Gasteiger partial charge in [0.15, 0.2) is 9.84 Å². The van der Waals surface area contributed by atoms with Crippen LogP contribution in [0.1, 0.15) is 43.8 Å². The van der Waals surface area contributed by atoms with Crippen molar-refractivity contribution in [2.24, 2.45) is 0 Å². The van der Waals surface area contributed by atoms with Crippen LogP contribution in [0.25, 0.3) is 16.7 Å². The van der Waals surface area contributed by atoms with E-state index in [-0.39, 0.29) is 0 Å². The Labute approximate surface area is 148 Å². The van der Waals surface area contributed by atoms with Gasteiger partial charge in [-0.2, -0.15) is 0 Å². The van der Waals surface area contributed by atoms with Gasteiger partial charge in [-0.3, -0.25) is 4.57 Å². The second-order valence-corrected chi connectivity index (χ2v) is 8.91. The molecular formula is C20H22N2O2S. The lowest BCUT2D eigenvalue weighted by atomic mass is 9.88. The molecule has 0 amide bonds. The predicted octanol–water partition coefficient (Wildman–Crippen LogP) is 4.48. The molecule has 0 aliphatic heterocycles. The third-order valence-electron chi connectivity index (χ3n) is 5.08. The molecule has 0 N–H and O–H groups in total. The molecule has 4 rings (SSSR count). The van der Waals surface area contributed by atoms with Gasteiger partial charge in [0.05, 0.1) is 15.9 Å². The normalized spacial score (nSPS) is 16.4. The number of para-hydroxylation sites is 2. The molecule has 1 heterocycles. The summed E-state index contributed by atoms with van der Waals surface area (Å²) in [6.45, 7) is 0. The summed E-state index contributed by atoms with van der Waals surface area (Å²) in [5.74, 6) is 1.57. The Morgan fingerprint density at radius 2 is 1.64 bits per heavy atom. The average Bonchev–Trinajstić information content (AvgIpc) is 3.01. The summed E-state index contributed by atoms with van der Waals surface area (Å²) in [7, 11) is -3.19. The number of rotatable bonds is 3. The van der Waals surface area contributed by atoms with Gasteiger partial charge in [0.1, 0.15) is 5.82 Å². The molecule has 0 saturated heterocycles. The van der Waals surface area contributed by atoms with Crippen molar-refractivity contribution in [2.75, 3.05) is 6.26 Å². The number of nitrogens with zero attached hydrogens (tertiary/aromatic N) is 2. The lowest BCUT2D eigenvalue weighted by molar-refractivity contribution is 0.426. The van der Waals surface area contributed by atoms with E-state index in [9.17, 15) is 8.42 Å².